The third-order valence-corrected chi connectivity index (χ3v) is 4.12. The van der Waals surface area contributed by atoms with Gasteiger partial charge in [0.1, 0.15) is 5.82 Å². The number of aromatic nitrogens is 1. The first-order chi connectivity index (χ1) is 9.21. The molecule has 2 rings (SSSR count). The van der Waals surface area contributed by atoms with E-state index in [1.165, 1.54) is 6.07 Å². The van der Waals surface area contributed by atoms with E-state index in [0.717, 1.165) is 22.1 Å². The van der Waals surface area contributed by atoms with Gasteiger partial charge in [0, 0.05) is 18.0 Å². The van der Waals surface area contributed by atoms with E-state index >= 15 is 0 Å². The summed E-state index contributed by atoms with van der Waals surface area (Å²) in [4.78, 5) is 7.55. The average Bonchev–Trinajstić information content (AvgIpc) is 2.85. The predicted octanol–water partition coefficient (Wildman–Crippen LogP) is 3.46. The van der Waals surface area contributed by atoms with Crippen molar-refractivity contribution in [3.63, 3.8) is 0 Å². The van der Waals surface area contributed by atoms with Crippen LogP contribution >= 0.6 is 11.3 Å². The van der Waals surface area contributed by atoms with Crippen LogP contribution in [0, 0.1) is 5.82 Å². The molecule has 19 heavy (non-hydrogen) atoms. The lowest BCUT2D eigenvalue weighted by Gasteiger charge is -2.20. The molecule has 0 aliphatic rings. The van der Waals surface area contributed by atoms with Gasteiger partial charge in [-0.25, -0.2) is 9.37 Å². The van der Waals surface area contributed by atoms with Crippen molar-refractivity contribution < 1.29 is 4.39 Å². The van der Waals surface area contributed by atoms with Gasteiger partial charge in [-0.15, -0.1) is 0 Å². The second-order valence-corrected chi connectivity index (χ2v) is 5.18. The lowest BCUT2D eigenvalue weighted by Crippen LogP contribution is -2.17. The van der Waals surface area contributed by atoms with Gasteiger partial charge < -0.3 is 10.6 Å². The van der Waals surface area contributed by atoms with E-state index in [1.54, 1.807) is 23.5 Å². The van der Waals surface area contributed by atoms with Crippen molar-refractivity contribution >= 4 is 22.2 Å². The van der Waals surface area contributed by atoms with Gasteiger partial charge in [-0.1, -0.05) is 30.4 Å². The van der Waals surface area contributed by atoms with Crippen molar-refractivity contribution in [3.8, 4) is 0 Å². The number of nitrogens with zero attached hydrogens (tertiary/aromatic N) is 2. The maximum absolute atomic E-state index is 13.9. The lowest BCUT2D eigenvalue weighted by atomic mass is 10.3. The standard InChI is InChI=1S/C14H18FN3S/c1-3-11-13(9-16)19-14(17-11)18(4-2)12-8-6-5-7-10(12)15/h5-8H,3-4,9,16H2,1-2H3. The first-order valence-corrected chi connectivity index (χ1v) is 7.23. The summed E-state index contributed by atoms with van der Waals surface area (Å²) in [5.41, 5.74) is 7.30. The molecular weight excluding hydrogens is 261 g/mol. The zero-order chi connectivity index (χ0) is 13.8. The number of rotatable bonds is 5. The number of hydrogen-bond donors (Lipinski definition) is 1. The number of para-hydroxylation sites is 1. The van der Waals surface area contributed by atoms with Crippen LogP contribution in [0.3, 0.4) is 0 Å². The largest absolute Gasteiger partial charge is 0.326 e. The van der Waals surface area contributed by atoms with E-state index < -0.39 is 0 Å². The van der Waals surface area contributed by atoms with Crippen LogP contribution in [-0.4, -0.2) is 11.5 Å². The Morgan fingerprint density at radius 2 is 2.05 bits per heavy atom. The van der Waals surface area contributed by atoms with Crippen molar-refractivity contribution in [2.75, 3.05) is 11.4 Å². The van der Waals surface area contributed by atoms with Gasteiger partial charge in [-0.2, -0.15) is 0 Å². The Hall–Kier alpha value is -1.46. The first kappa shape index (κ1) is 14.0. The molecule has 1 heterocycles. The highest BCUT2D eigenvalue weighted by Gasteiger charge is 2.17. The molecule has 3 nitrogen and oxygen atoms in total. The summed E-state index contributed by atoms with van der Waals surface area (Å²) in [5, 5.41) is 0.810. The topological polar surface area (TPSA) is 42.2 Å². The average molecular weight is 279 g/mol. The van der Waals surface area contributed by atoms with E-state index in [4.69, 9.17) is 5.73 Å². The summed E-state index contributed by atoms with van der Waals surface area (Å²) >= 11 is 1.54. The van der Waals surface area contributed by atoms with E-state index in [-0.39, 0.29) is 5.82 Å². The molecule has 0 amide bonds. The smallest absolute Gasteiger partial charge is 0.190 e. The highest BCUT2D eigenvalue weighted by Crippen LogP contribution is 2.32. The predicted molar refractivity (Wildman–Crippen MR) is 78.5 cm³/mol. The zero-order valence-electron chi connectivity index (χ0n) is 11.2. The number of halogens is 1. The Morgan fingerprint density at radius 1 is 1.32 bits per heavy atom. The Morgan fingerprint density at radius 3 is 2.58 bits per heavy atom. The number of thiazole rings is 1. The summed E-state index contributed by atoms with van der Waals surface area (Å²) in [7, 11) is 0. The molecule has 102 valence electrons. The minimum absolute atomic E-state index is 0.230. The number of aryl methyl sites for hydroxylation is 1. The molecule has 0 fully saturated rings. The molecule has 2 aromatic rings. The Kier molecular flexibility index (Phi) is 4.50. The first-order valence-electron chi connectivity index (χ1n) is 6.41. The van der Waals surface area contributed by atoms with Crippen molar-refractivity contribution in [1.82, 2.24) is 4.98 Å². The monoisotopic (exact) mass is 279 g/mol. The molecular formula is C14H18FN3S. The molecule has 0 spiro atoms. The molecule has 0 bridgehead atoms. The molecule has 1 aromatic carbocycles. The fourth-order valence-corrected chi connectivity index (χ4v) is 3.11. The lowest BCUT2D eigenvalue weighted by molar-refractivity contribution is 0.625. The fraction of sp³-hybridized carbons (Fsp3) is 0.357. The molecule has 0 aliphatic heterocycles. The zero-order valence-corrected chi connectivity index (χ0v) is 12.0. The maximum Gasteiger partial charge on any atom is 0.190 e. The van der Waals surface area contributed by atoms with Gasteiger partial charge >= 0.3 is 0 Å². The van der Waals surface area contributed by atoms with E-state index in [1.807, 2.05) is 17.9 Å². The summed E-state index contributed by atoms with van der Waals surface area (Å²) in [6.45, 7) is 5.19. The Labute approximate surface area is 116 Å². The van der Waals surface area contributed by atoms with Gasteiger partial charge in [0.2, 0.25) is 0 Å². The van der Waals surface area contributed by atoms with Gasteiger partial charge in [0.15, 0.2) is 5.13 Å². The number of nitrogens with two attached hydrogens (primary N) is 1. The molecule has 0 atom stereocenters. The molecule has 2 N–H and O–H groups in total. The quantitative estimate of drug-likeness (QED) is 0.911. The second kappa shape index (κ2) is 6.12. The SMILES string of the molecule is CCc1nc(N(CC)c2ccccc2F)sc1CN. The third-order valence-electron chi connectivity index (χ3n) is 2.98. The highest BCUT2D eigenvalue weighted by atomic mass is 32.1. The van der Waals surface area contributed by atoms with Crippen LogP contribution in [0.5, 0.6) is 0 Å². The minimum Gasteiger partial charge on any atom is -0.326 e. The van der Waals surface area contributed by atoms with Gasteiger partial charge in [-0.3, -0.25) is 0 Å². The molecule has 5 heteroatoms. The van der Waals surface area contributed by atoms with Crippen LogP contribution < -0.4 is 10.6 Å². The Bertz CT molecular complexity index is 532. The molecule has 0 aliphatic carbocycles. The van der Waals surface area contributed by atoms with Gasteiger partial charge in [0.05, 0.1) is 11.4 Å². The summed E-state index contributed by atoms with van der Waals surface area (Å²) < 4.78 is 13.9. The van der Waals surface area contributed by atoms with Gasteiger partial charge in [0.25, 0.3) is 0 Å². The number of hydrogen-bond acceptors (Lipinski definition) is 4. The van der Waals surface area contributed by atoms with Crippen molar-refractivity contribution in [1.29, 1.82) is 0 Å². The van der Waals surface area contributed by atoms with Crippen molar-refractivity contribution in [2.24, 2.45) is 5.73 Å². The summed E-state index contributed by atoms with van der Waals surface area (Å²) in [5.74, 6) is -0.230. The number of anilines is 2. The highest BCUT2D eigenvalue weighted by molar-refractivity contribution is 7.15. The maximum atomic E-state index is 13.9. The summed E-state index contributed by atoms with van der Waals surface area (Å²) in [6, 6.07) is 6.76. The Balaban J connectivity index is 2.42. The molecule has 0 radical (unpaired) electrons. The molecule has 0 unspecified atom stereocenters. The number of benzene rings is 1. The van der Waals surface area contributed by atoms with Crippen LogP contribution in [0.2, 0.25) is 0 Å². The van der Waals surface area contributed by atoms with Crippen molar-refractivity contribution in [2.45, 2.75) is 26.8 Å². The second-order valence-electron chi connectivity index (χ2n) is 4.12. The fourth-order valence-electron chi connectivity index (χ4n) is 2.00. The molecule has 1 aromatic heterocycles. The third kappa shape index (κ3) is 2.77. The van der Waals surface area contributed by atoms with Crippen LogP contribution in [0.4, 0.5) is 15.2 Å². The van der Waals surface area contributed by atoms with Crippen LogP contribution in [0.25, 0.3) is 0 Å². The van der Waals surface area contributed by atoms with E-state index in [0.29, 0.717) is 18.8 Å². The van der Waals surface area contributed by atoms with E-state index in [2.05, 4.69) is 11.9 Å². The summed E-state index contributed by atoms with van der Waals surface area (Å²) in [6.07, 6.45) is 0.845. The van der Waals surface area contributed by atoms with Crippen LogP contribution in [0.15, 0.2) is 24.3 Å². The van der Waals surface area contributed by atoms with Crippen LogP contribution in [0.1, 0.15) is 24.4 Å². The molecule has 0 saturated carbocycles. The molecule has 0 saturated heterocycles. The normalized spacial score (nSPS) is 10.7. The minimum atomic E-state index is -0.230. The van der Waals surface area contributed by atoms with Gasteiger partial charge in [-0.05, 0) is 25.5 Å². The van der Waals surface area contributed by atoms with E-state index in [9.17, 15) is 4.39 Å². The van der Waals surface area contributed by atoms with Crippen LogP contribution in [-0.2, 0) is 13.0 Å². The van der Waals surface area contributed by atoms with Crippen molar-refractivity contribution in [3.05, 3.63) is 40.7 Å².